The molecule has 0 N–H and O–H groups in total. The summed E-state index contributed by atoms with van der Waals surface area (Å²) in [5.74, 6) is 0. The summed E-state index contributed by atoms with van der Waals surface area (Å²) in [5.41, 5.74) is 1.56. The molecule has 0 unspecified atom stereocenters. The van der Waals surface area contributed by atoms with Crippen molar-refractivity contribution in [3.05, 3.63) is 23.8 Å². The largest absolute Gasteiger partial charge is 0.0805 e. The number of allylic oxidation sites excluding steroid dienone is 4. The molecular weight excluding hydrogens is 136 g/mol. The summed E-state index contributed by atoms with van der Waals surface area (Å²) < 4.78 is 0. The van der Waals surface area contributed by atoms with Crippen LogP contribution in [0.15, 0.2) is 23.8 Å². The Balaban J connectivity index is 0.000000490. The summed E-state index contributed by atoms with van der Waals surface area (Å²) in [6.45, 7) is 2.19. The molecule has 0 nitrogen and oxygen atoms in total. The monoisotopic (exact) mass is 146 g/mol. The second-order valence-electron chi connectivity index (χ2n) is 1.81. The van der Waals surface area contributed by atoms with E-state index in [0.717, 1.165) is 0 Å². The van der Waals surface area contributed by atoms with Gasteiger partial charge in [0.1, 0.15) is 0 Å². The van der Waals surface area contributed by atoms with Gasteiger partial charge in [0.15, 0.2) is 0 Å². The van der Waals surface area contributed by atoms with Crippen LogP contribution >= 0.6 is 0 Å². The molecule has 0 amide bonds. The van der Waals surface area contributed by atoms with Crippen molar-refractivity contribution in [1.29, 1.82) is 0 Å². The molecule has 0 fully saturated rings. The molecule has 0 spiro atoms. The first-order valence-corrected chi connectivity index (χ1v) is 2.78. The van der Waals surface area contributed by atoms with Crippen LogP contribution in [0.4, 0.5) is 0 Å². The molecule has 1 rings (SSSR count). The third-order valence-corrected chi connectivity index (χ3v) is 1.30. The first kappa shape index (κ1) is 8.01. The van der Waals surface area contributed by atoms with E-state index in [-0.39, 0.29) is 17.4 Å². The molecular formula is C7H10Cr. The molecule has 0 bridgehead atoms. The SMILES string of the molecule is CCC1=CC=CC1.[Cr]. The van der Waals surface area contributed by atoms with E-state index in [1.165, 1.54) is 12.8 Å². The molecule has 0 saturated carbocycles. The minimum absolute atomic E-state index is 0. The molecule has 0 radical (unpaired) electrons. The van der Waals surface area contributed by atoms with Gasteiger partial charge in [0, 0.05) is 17.4 Å². The summed E-state index contributed by atoms with van der Waals surface area (Å²) in [6, 6.07) is 0. The first-order chi connectivity index (χ1) is 3.43. The molecule has 1 heteroatoms. The van der Waals surface area contributed by atoms with Gasteiger partial charge >= 0.3 is 0 Å². The third-order valence-electron chi connectivity index (χ3n) is 1.30. The van der Waals surface area contributed by atoms with Gasteiger partial charge in [-0.05, 0) is 12.8 Å². The Kier molecular flexibility index (Phi) is 3.95. The van der Waals surface area contributed by atoms with Crippen LogP contribution in [0.2, 0.25) is 0 Å². The average Bonchev–Trinajstić information content (AvgIpc) is 2.14. The minimum atomic E-state index is 0. The number of rotatable bonds is 1. The zero-order chi connectivity index (χ0) is 5.11. The number of hydrogen-bond acceptors (Lipinski definition) is 0. The average molecular weight is 146 g/mol. The van der Waals surface area contributed by atoms with Gasteiger partial charge in [-0.25, -0.2) is 0 Å². The first-order valence-electron chi connectivity index (χ1n) is 2.78. The van der Waals surface area contributed by atoms with Crippen LogP contribution < -0.4 is 0 Å². The van der Waals surface area contributed by atoms with Crippen molar-refractivity contribution in [3.8, 4) is 0 Å². The van der Waals surface area contributed by atoms with Gasteiger partial charge in [0.25, 0.3) is 0 Å². The summed E-state index contributed by atoms with van der Waals surface area (Å²) in [6.07, 6.45) is 8.92. The fraction of sp³-hybridized carbons (Fsp3) is 0.429. The van der Waals surface area contributed by atoms with Gasteiger partial charge in [-0.3, -0.25) is 0 Å². The summed E-state index contributed by atoms with van der Waals surface area (Å²) in [7, 11) is 0. The Morgan fingerprint density at radius 3 is 2.62 bits per heavy atom. The van der Waals surface area contributed by atoms with Gasteiger partial charge in [0.2, 0.25) is 0 Å². The molecule has 44 valence electrons. The van der Waals surface area contributed by atoms with E-state index in [1.54, 1.807) is 5.57 Å². The molecule has 0 aromatic carbocycles. The van der Waals surface area contributed by atoms with E-state index in [1.807, 2.05) is 0 Å². The topological polar surface area (TPSA) is 0 Å². The Morgan fingerprint density at radius 1 is 1.62 bits per heavy atom. The zero-order valence-electron chi connectivity index (χ0n) is 5.05. The molecule has 0 atom stereocenters. The normalized spacial score (nSPS) is 15.4. The van der Waals surface area contributed by atoms with Crippen molar-refractivity contribution in [1.82, 2.24) is 0 Å². The second kappa shape index (κ2) is 3.95. The van der Waals surface area contributed by atoms with Gasteiger partial charge in [0.05, 0.1) is 0 Å². The maximum absolute atomic E-state index is 2.19. The second-order valence-corrected chi connectivity index (χ2v) is 1.81. The fourth-order valence-electron chi connectivity index (χ4n) is 0.754. The van der Waals surface area contributed by atoms with Gasteiger partial charge in [-0.15, -0.1) is 0 Å². The summed E-state index contributed by atoms with van der Waals surface area (Å²) in [5, 5.41) is 0. The molecule has 8 heavy (non-hydrogen) atoms. The molecule has 1 aliphatic carbocycles. The zero-order valence-corrected chi connectivity index (χ0v) is 6.33. The fourth-order valence-corrected chi connectivity index (χ4v) is 0.754. The molecule has 0 aliphatic heterocycles. The molecule has 0 aromatic rings. The van der Waals surface area contributed by atoms with Crippen molar-refractivity contribution in [3.63, 3.8) is 0 Å². The van der Waals surface area contributed by atoms with E-state index in [9.17, 15) is 0 Å². The van der Waals surface area contributed by atoms with E-state index >= 15 is 0 Å². The maximum atomic E-state index is 2.19. The van der Waals surface area contributed by atoms with Crippen LogP contribution in [0.5, 0.6) is 0 Å². The molecule has 1 aliphatic rings. The molecule has 0 aromatic heterocycles. The van der Waals surface area contributed by atoms with Crippen LogP contribution in [-0.4, -0.2) is 0 Å². The van der Waals surface area contributed by atoms with Crippen molar-refractivity contribution in [2.45, 2.75) is 19.8 Å². The quantitative estimate of drug-likeness (QED) is 0.532. The Hall–Kier alpha value is 0.0125. The maximum Gasteiger partial charge on any atom is 0 e. The van der Waals surface area contributed by atoms with Crippen molar-refractivity contribution >= 4 is 0 Å². The van der Waals surface area contributed by atoms with Crippen LogP contribution in [0.1, 0.15) is 19.8 Å². The van der Waals surface area contributed by atoms with E-state index in [0.29, 0.717) is 0 Å². The van der Waals surface area contributed by atoms with Crippen molar-refractivity contribution in [2.75, 3.05) is 0 Å². The number of hydrogen-bond donors (Lipinski definition) is 0. The van der Waals surface area contributed by atoms with Gasteiger partial charge < -0.3 is 0 Å². The predicted molar refractivity (Wildman–Crippen MR) is 32.1 cm³/mol. The molecule has 0 saturated heterocycles. The van der Waals surface area contributed by atoms with E-state index in [4.69, 9.17) is 0 Å². The van der Waals surface area contributed by atoms with Gasteiger partial charge in [-0.1, -0.05) is 30.7 Å². The Morgan fingerprint density at radius 2 is 2.38 bits per heavy atom. The van der Waals surface area contributed by atoms with E-state index < -0.39 is 0 Å². The van der Waals surface area contributed by atoms with Crippen LogP contribution in [0.3, 0.4) is 0 Å². The Labute approximate surface area is 61.4 Å². The van der Waals surface area contributed by atoms with Gasteiger partial charge in [-0.2, -0.15) is 0 Å². The minimum Gasteiger partial charge on any atom is -0.0805 e. The van der Waals surface area contributed by atoms with Crippen molar-refractivity contribution in [2.24, 2.45) is 0 Å². The Bertz CT molecular complexity index is 112. The van der Waals surface area contributed by atoms with Crippen LogP contribution in [0, 0.1) is 0 Å². The van der Waals surface area contributed by atoms with Crippen LogP contribution in [0.25, 0.3) is 0 Å². The smallest absolute Gasteiger partial charge is 0 e. The van der Waals surface area contributed by atoms with E-state index in [2.05, 4.69) is 25.2 Å². The molecule has 0 heterocycles. The van der Waals surface area contributed by atoms with Crippen LogP contribution in [-0.2, 0) is 17.4 Å². The predicted octanol–water partition coefficient (Wildman–Crippen LogP) is 2.28. The summed E-state index contributed by atoms with van der Waals surface area (Å²) >= 11 is 0. The summed E-state index contributed by atoms with van der Waals surface area (Å²) in [4.78, 5) is 0. The standard InChI is InChI=1S/C7H10.Cr/c1-2-7-5-3-4-6-7;/h3-5H,2,6H2,1H3;. The van der Waals surface area contributed by atoms with Crippen molar-refractivity contribution < 1.29 is 17.4 Å². The third kappa shape index (κ3) is 1.86.